The number of hydrogen-bond acceptors (Lipinski definition) is 6. The highest BCUT2D eigenvalue weighted by Crippen LogP contribution is 2.59. The number of fused-ring (bicyclic) bond motifs is 1. The lowest BCUT2D eigenvalue weighted by Gasteiger charge is -2.36. The van der Waals surface area contributed by atoms with Gasteiger partial charge in [0.05, 0.1) is 37.2 Å². The average molecular weight is 473 g/mol. The Kier molecular flexibility index (Phi) is 7.57. The fourth-order valence-corrected chi connectivity index (χ4v) is 6.11. The molecule has 3 aliphatic heterocycles. The van der Waals surface area contributed by atoms with Crippen molar-refractivity contribution in [3.05, 3.63) is 35.9 Å². The van der Waals surface area contributed by atoms with Crippen LogP contribution in [0, 0.1) is 11.8 Å². The Balaban J connectivity index is 1.67. The van der Waals surface area contributed by atoms with E-state index in [4.69, 9.17) is 9.47 Å². The molecule has 2 unspecified atom stereocenters. The molecule has 4 rings (SSSR count). The van der Waals surface area contributed by atoms with Crippen LogP contribution in [0.2, 0.25) is 0 Å². The summed E-state index contributed by atoms with van der Waals surface area (Å²) in [5.41, 5.74) is -0.115. The first-order valence-corrected chi connectivity index (χ1v) is 12.6. The predicted octanol–water partition coefficient (Wildman–Crippen LogP) is 1.83. The van der Waals surface area contributed by atoms with Crippen LogP contribution in [0.3, 0.4) is 0 Å². The lowest BCUT2D eigenvalue weighted by atomic mass is 9.71. The molecule has 0 aromatic heterocycles. The van der Waals surface area contributed by atoms with Gasteiger partial charge in [-0.3, -0.25) is 14.4 Å². The van der Waals surface area contributed by atoms with Gasteiger partial charge in [-0.25, -0.2) is 0 Å². The van der Waals surface area contributed by atoms with Gasteiger partial charge in [0.2, 0.25) is 11.8 Å². The highest BCUT2D eigenvalue weighted by atomic mass is 16.6. The first-order chi connectivity index (χ1) is 16.5. The van der Waals surface area contributed by atoms with Crippen LogP contribution in [-0.4, -0.2) is 71.3 Å². The molecule has 3 fully saturated rings. The van der Waals surface area contributed by atoms with E-state index < -0.39 is 41.6 Å². The van der Waals surface area contributed by atoms with Gasteiger partial charge in [0, 0.05) is 6.54 Å². The van der Waals surface area contributed by atoms with E-state index in [1.165, 1.54) is 4.90 Å². The van der Waals surface area contributed by atoms with Gasteiger partial charge in [0.25, 0.3) is 0 Å². The monoisotopic (exact) mass is 472 g/mol. The maximum absolute atomic E-state index is 13.9. The van der Waals surface area contributed by atoms with Gasteiger partial charge in [0.1, 0.15) is 11.6 Å². The molecule has 0 saturated carbocycles. The minimum absolute atomic E-state index is 0.217. The van der Waals surface area contributed by atoms with E-state index in [1.807, 2.05) is 30.3 Å². The second kappa shape index (κ2) is 10.4. The fourth-order valence-electron chi connectivity index (χ4n) is 6.11. The molecule has 2 amide bonds. The van der Waals surface area contributed by atoms with Crippen LogP contribution in [0.4, 0.5) is 0 Å². The normalized spacial score (nSPS) is 30.3. The van der Waals surface area contributed by atoms with Crippen molar-refractivity contribution >= 4 is 17.8 Å². The summed E-state index contributed by atoms with van der Waals surface area (Å²) >= 11 is 0. The van der Waals surface area contributed by atoms with Gasteiger partial charge in [0.15, 0.2) is 0 Å². The number of nitrogens with one attached hydrogen (secondary N) is 1. The Morgan fingerprint density at radius 1 is 1.26 bits per heavy atom. The number of aliphatic hydroxyl groups is 1. The number of ether oxygens (including phenoxy) is 2. The second-order valence-corrected chi connectivity index (χ2v) is 9.58. The molecular weight excluding hydrogens is 436 g/mol. The summed E-state index contributed by atoms with van der Waals surface area (Å²) in [6.07, 6.45) is 3.98. The highest BCUT2D eigenvalue weighted by molar-refractivity contribution is 5.98. The topological polar surface area (TPSA) is 105 Å². The van der Waals surface area contributed by atoms with Crippen molar-refractivity contribution in [3.8, 4) is 0 Å². The maximum atomic E-state index is 13.9. The van der Waals surface area contributed by atoms with Crippen LogP contribution in [0.15, 0.2) is 30.3 Å². The number of carbonyl (C=O) groups excluding carboxylic acids is 3. The molecule has 8 heteroatoms. The maximum Gasteiger partial charge on any atom is 0.312 e. The van der Waals surface area contributed by atoms with Gasteiger partial charge in [-0.1, -0.05) is 50.1 Å². The summed E-state index contributed by atoms with van der Waals surface area (Å²) in [5.74, 6) is -2.52. The lowest BCUT2D eigenvalue weighted by molar-refractivity contribution is -0.155. The predicted molar refractivity (Wildman–Crippen MR) is 125 cm³/mol. The van der Waals surface area contributed by atoms with Crippen LogP contribution in [-0.2, 0) is 30.3 Å². The van der Waals surface area contributed by atoms with Crippen LogP contribution >= 0.6 is 0 Å². The average Bonchev–Trinajstić information content (AvgIpc) is 3.48. The van der Waals surface area contributed by atoms with Gasteiger partial charge < -0.3 is 24.8 Å². The smallest absolute Gasteiger partial charge is 0.312 e. The number of aliphatic hydroxyl groups excluding tert-OH is 1. The number of nitrogens with zero attached hydrogens (tertiary/aromatic N) is 1. The number of rotatable bonds is 11. The number of esters is 1. The van der Waals surface area contributed by atoms with Crippen molar-refractivity contribution in [1.82, 2.24) is 10.2 Å². The number of carbonyl (C=O) groups is 3. The summed E-state index contributed by atoms with van der Waals surface area (Å²) in [5, 5.41) is 13.3. The van der Waals surface area contributed by atoms with E-state index in [1.54, 1.807) is 6.92 Å². The zero-order chi connectivity index (χ0) is 24.3. The van der Waals surface area contributed by atoms with Gasteiger partial charge in [-0.05, 0) is 38.2 Å². The number of unbranched alkanes of at least 4 members (excludes halogenated alkanes) is 2. The molecule has 2 bridgehead atoms. The van der Waals surface area contributed by atoms with Crippen molar-refractivity contribution in [2.24, 2.45) is 11.8 Å². The molecule has 186 valence electrons. The molecule has 3 aliphatic rings. The molecule has 1 aromatic rings. The molecule has 0 radical (unpaired) electrons. The van der Waals surface area contributed by atoms with Crippen molar-refractivity contribution < 1.29 is 29.0 Å². The summed E-state index contributed by atoms with van der Waals surface area (Å²) in [6, 6.07) is 8.09. The third-order valence-corrected chi connectivity index (χ3v) is 7.54. The van der Waals surface area contributed by atoms with Crippen molar-refractivity contribution in [2.75, 3.05) is 19.8 Å². The summed E-state index contributed by atoms with van der Waals surface area (Å²) in [7, 11) is 0. The SMILES string of the molecule is CCCCCNC(=O)C1N([C@@H](CO)Cc2ccccc2)C(=O)[C@@H]2[C@@H](C(=O)OCC)[C@H]3CCC12O3. The van der Waals surface area contributed by atoms with Crippen LogP contribution in [0.5, 0.6) is 0 Å². The van der Waals surface area contributed by atoms with E-state index >= 15 is 0 Å². The van der Waals surface area contributed by atoms with Crippen molar-refractivity contribution in [1.29, 1.82) is 0 Å². The fraction of sp³-hybridized carbons (Fsp3) is 0.654. The Labute approximate surface area is 201 Å². The second-order valence-electron chi connectivity index (χ2n) is 9.58. The Morgan fingerprint density at radius 3 is 2.71 bits per heavy atom. The van der Waals surface area contributed by atoms with Gasteiger partial charge in [-0.15, -0.1) is 0 Å². The van der Waals surface area contributed by atoms with E-state index in [2.05, 4.69) is 12.2 Å². The largest absolute Gasteiger partial charge is 0.466 e. The van der Waals surface area contributed by atoms with Crippen LogP contribution in [0.25, 0.3) is 0 Å². The van der Waals surface area contributed by atoms with E-state index in [9.17, 15) is 19.5 Å². The highest BCUT2D eigenvalue weighted by Gasteiger charge is 2.75. The van der Waals surface area contributed by atoms with Crippen molar-refractivity contribution in [2.45, 2.75) is 76.2 Å². The summed E-state index contributed by atoms with van der Waals surface area (Å²) in [4.78, 5) is 41.9. The van der Waals surface area contributed by atoms with Crippen LogP contribution < -0.4 is 5.32 Å². The van der Waals surface area contributed by atoms with Gasteiger partial charge in [-0.2, -0.15) is 0 Å². The number of likely N-dealkylation sites (tertiary alicyclic amines) is 1. The molecule has 8 nitrogen and oxygen atoms in total. The first-order valence-electron chi connectivity index (χ1n) is 12.6. The number of benzene rings is 1. The molecule has 34 heavy (non-hydrogen) atoms. The standard InChI is InChI=1S/C26H36N2O6/c1-3-5-9-14-27-23(30)22-26-13-12-19(34-26)20(25(32)33-4-2)21(26)24(31)28(22)18(16-29)15-17-10-7-6-8-11-17/h6-8,10-11,18-22,29H,3-5,9,12-16H2,1-2H3,(H,27,30)/t18-,19-,20+,21+,22?,26?/m1/s1. The molecule has 1 spiro atoms. The zero-order valence-electron chi connectivity index (χ0n) is 20.1. The lowest BCUT2D eigenvalue weighted by Crippen LogP contribution is -2.58. The zero-order valence-corrected chi connectivity index (χ0v) is 20.1. The van der Waals surface area contributed by atoms with Crippen molar-refractivity contribution in [3.63, 3.8) is 0 Å². The Bertz CT molecular complexity index is 893. The molecule has 6 atom stereocenters. The van der Waals surface area contributed by atoms with E-state index in [0.29, 0.717) is 25.8 Å². The molecule has 3 heterocycles. The third-order valence-electron chi connectivity index (χ3n) is 7.54. The molecule has 1 aromatic carbocycles. The quantitative estimate of drug-likeness (QED) is 0.376. The van der Waals surface area contributed by atoms with E-state index in [0.717, 1.165) is 24.8 Å². The summed E-state index contributed by atoms with van der Waals surface area (Å²) in [6.45, 7) is 4.27. The number of amides is 2. The molecule has 3 saturated heterocycles. The minimum atomic E-state index is -1.07. The number of hydrogen-bond donors (Lipinski definition) is 2. The summed E-state index contributed by atoms with van der Waals surface area (Å²) < 4.78 is 11.7. The third kappa shape index (κ3) is 4.22. The molecule has 2 N–H and O–H groups in total. The van der Waals surface area contributed by atoms with Crippen LogP contribution in [0.1, 0.15) is 51.5 Å². The first kappa shape index (κ1) is 24.7. The minimum Gasteiger partial charge on any atom is -0.466 e. The van der Waals surface area contributed by atoms with Gasteiger partial charge >= 0.3 is 5.97 Å². The molecule has 0 aliphatic carbocycles. The Morgan fingerprint density at radius 2 is 2.03 bits per heavy atom. The van der Waals surface area contributed by atoms with E-state index in [-0.39, 0.29) is 25.0 Å². The Hall–Kier alpha value is -2.45. The molecular formula is C26H36N2O6.